The van der Waals surface area contributed by atoms with Crippen molar-refractivity contribution >= 4 is 11.0 Å². The van der Waals surface area contributed by atoms with E-state index in [1.54, 1.807) is 13.2 Å². The molecule has 0 amide bonds. The Morgan fingerprint density at radius 2 is 2.18 bits per heavy atom. The molecule has 0 radical (unpaired) electrons. The molecule has 0 aliphatic rings. The van der Waals surface area contributed by atoms with Gasteiger partial charge in [0.25, 0.3) is 0 Å². The van der Waals surface area contributed by atoms with Crippen LogP contribution in [-0.4, -0.2) is 20.3 Å². The third kappa shape index (κ3) is 2.18. The van der Waals surface area contributed by atoms with E-state index in [1.165, 1.54) is 6.07 Å². The zero-order chi connectivity index (χ0) is 12.4. The highest BCUT2D eigenvalue weighted by Gasteiger charge is 2.21. The Kier molecular flexibility index (Phi) is 3.45. The molecule has 92 valence electrons. The minimum absolute atomic E-state index is 0.0522. The van der Waals surface area contributed by atoms with Gasteiger partial charge >= 0.3 is 0 Å². The van der Waals surface area contributed by atoms with E-state index < -0.39 is 0 Å². The van der Waals surface area contributed by atoms with Crippen LogP contribution in [0.1, 0.15) is 18.7 Å². The molecule has 0 fully saturated rings. The van der Waals surface area contributed by atoms with Crippen LogP contribution in [0.15, 0.2) is 28.7 Å². The predicted molar refractivity (Wildman–Crippen MR) is 64.4 cm³/mol. The van der Waals surface area contributed by atoms with Crippen molar-refractivity contribution in [3.63, 3.8) is 0 Å². The molecule has 2 rings (SSSR count). The number of furan rings is 1. The number of hydrogen-bond donors (Lipinski definition) is 1. The second kappa shape index (κ2) is 4.85. The van der Waals surface area contributed by atoms with Gasteiger partial charge in [-0.2, -0.15) is 0 Å². The van der Waals surface area contributed by atoms with Crippen molar-refractivity contribution in [3.8, 4) is 0 Å². The van der Waals surface area contributed by atoms with E-state index in [9.17, 15) is 4.39 Å². The summed E-state index contributed by atoms with van der Waals surface area (Å²) in [6.07, 6.45) is -0.0522. The van der Waals surface area contributed by atoms with Crippen molar-refractivity contribution in [2.45, 2.75) is 19.1 Å². The zero-order valence-corrected chi connectivity index (χ0v) is 10.2. The number of para-hydroxylation sites is 1. The fourth-order valence-corrected chi connectivity index (χ4v) is 1.95. The summed E-state index contributed by atoms with van der Waals surface area (Å²) in [7, 11) is 3.46. The highest BCUT2D eigenvalue weighted by atomic mass is 19.1. The summed E-state index contributed by atoms with van der Waals surface area (Å²) < 4.78 is 24.3. The zero-order valence-electron chi connectivity index (χ0n) is 10.2. The van der Waals surface area contributed by atoms with Crippen molar-refractivity contribution in [3.05, 3.63) is 35.8 Å². The summed E-state index contributed by atoms with van der Waals surface area (Å²) >= 11 is 0. The molecule has 3 nitrogen and oxygen atoms in total. The van der Waals surface area contributed by atoms with E-state index in [1.807, 2.05) is 26.1 Å². The van der Waals surface area contributed by atoms with E-state index >= 15 is 0 Å². The normalized spacial score (nSPS) is 15.1. The van der Waals surface area contributed by atoms with Gasteiger partial charge in [-0.25, -0.2) is 4.39 Å². The van der Waals surface area contributed by atoms with E-state index in [4.69, 9.17) is 9.15 Å². The minimum atomic E-state index is -0.339. The van der Waals surface area contributed by atoms with Gasteiger partial charge in [-0.1, -0.05) is 12.1 Å². The second-order valence-electron chi connectivity index (χ2n) is 4.01. The molecule has 2 unspecified atom stereocenters. The molecule has 1 aromatic carbocycles. The summed E-state index contributed by atoms with van der Waals surface area (Å²) in [5, 5.41) is 3.88. The third-order valence-corrected chi connectivity index (χ3v) is 2.97. The number of nitrogens with one attached hydrogen (secondary N) is 1. The lowest BCUT2D eigenvalue weighted by Gasteiger charge is -2.19. The van der Waals surface area contributed by atoms with Crippen LogP contribution in [-0.2, 0) is 4.74 Å². The number of halogens is 1. The molecule has 17 heavy (non-hydrogen) atoms. The fourth-order valence-electron chi connectivity index (χ4n) is 1.95. The van der Waals surface area contributed by atoms with Gasteiger partial charge in [0.05, 0.1) is 12.1 Å². The Morgan fingerprint density at radius 1 is 1.41 bits per heavy atom. The lowest BCUT2D eigenvalue weighted by Crippen LogP contribution is -2.28. The number of hydrogen-bond acceptors (Lipinski definition) is 3. The monoisotopic (exact) mass is 237 g/mol. The highest BCUT2D eigenvalue weighted by Crippen LogP contribution is 2.27. The minimum Gasteiger partial charge on any atom is -0.456 e. The van der Waals surface area contributed by atoms with Gasteiger partial charge in [-0.15, -0.1) is 0 Å². The number of methoxy groups -OCH3 is 1. The van der Waals surface area contributed by atoms with E-state index in [2.05, 4.69) is 5.32 Å². The number of rotatable bonds is 4. The van der Waals surface area contributed by atoms with Crippen LogP contribution in [0.3, 0.4) is 0 Å². The molecule has 0 aliphatic heterocycles. The predicted octanol–water partition coefficient (Wildman–Crippen LogP) is 2.87. The lowest BCUT2D eigenvalue weighted by atomic mass is 10.1. The van der Waals surface area contributed by atoms with Gasteiger partial charge in [-0.3, -0.25) is 0 Å². The quantitative estimate of drug-likeness (QED) is 0.887. The molecule has 2 atom stereocenters. The Labute approximate surface area is 99.6 Å². The molecule has 0 bridgehead atoms. The smallest absolute Gasteiger partial charge is 0.169 e. The number of ether oxygens (including phenoxy) is 1. The maximum atomic E-state index is 13.5. The van der Waals surface area contributed by atoms with E-state index in [0.29, 0.717) is 11.3 Å². The lowest BCUT2D eigenvalue weighted by molar-refractivity contribution is 0.0788. The van der Waals surface area contributed by atoms with Gasteiger partial charge in [0, 0.05) is 12.5 Å². The first-order valence-electron chi connectivity index (χ1n) is 5.55. The molecular weight excluding hydrogens is 221 g/mol. The number of benzene rings is 1. The first-order valence-corrected chi connectivity index (χ1v) is 5.55. The molecule has 2 aromatic rings. The summed E-state index contributed by atoms with van der Waals surface area (Å²) in [6.45, 7) is 1.94. The van der Waals surface area contributed by atoms with Crippen molar-refractivity contribution in [1.82, 2.24) is 5.32 Å². The van der Waals surface area contributed by atoms with Crippen molar-refractivity contribution < 1.29 is 13.5 Å². The Morgan fingerprint density at radius 3 is 2.76 bits per heavy atom. The average Bonchev–Trinajstić information content (AvgIpc) is 2.75. The molecular formula is C13H16FNO2. The Bertz CT molecular complexity index is 509. The van der Waals surface area contributed by atoms with Gasteiger partial charge in [0.1, 0.15) is 5.76 Å². The third-order valence-electron chi connectivity index (χ3n) is 2.97. The summed E-state index contributed by atoms with van der Waals surface area (Å²) in [6, 6.07) is 6.64. The molecule has 0 spiro atoms. The largest absolute Gasteiger partial charge is 0.456 e. The average molecular weight is 237 g/mol. The van der Waals surface area contributed by atoms with Gasteiger partial charge < -0.3 is 14.5 Å². The summed E-state index contributed by atoms with van der Waals surface area (Å²) in [5.74, 6) is 0.343. The highest BCUT2D eigenvalue weighted by molar-refractivity contribution is 5.78. The van der Waals surface area contributed by atoms with Crippen LogP contribution in [0.2, 0.25) is 0 Å². The maximum absolute atomic E-state index is 13.5. The maximum Gasteiger partial charge on any atom is 0.169 e. The fraction of sp³-hybridized carbons (Fsp3) is 0.385. The summed E-state index contributed by atoms with van der Waals surface area (Å²) in [4.78, 5) is 0. The first kappa shape index (κ1) is 12.1. The Balaban J connectivity index is 2.44. The van der Waals surface area contributed by atoms with Gasteiger partial charge in [-0.05, 0) is 26.1 Å². The van der Waals surface area contributed by atoms with Crippen LogP contribution >= 0.6 is 0 Å². The molecule has 4 heteroatoms. The van der Waals surface area contributed by atoms with Crippen LogP contribution in [0.5, 0.6) is 0 Å². The topological polar surface area (TPSA) is 34.4 Å². The van der Waals surface area contributed by atoms with Gasteiger partial charge in [0.2, 0.25) is 0 Å². The number of fused-ring (bicyclic) bond motifs is 1. The van der Waals surface area contributed by atoms with Crippen molar-refractivity contribution in [1.29, 1.82) is 0 Å². The SMILES string of the molecule is CNC(c1cc2cccc(F)c2o1)C(C)OC. The molecule has 1 heterocycles. The molecule has 1 N–H and O–H groups in total. The van der Waals surface area contributed by atoms with Crippen LogP contribution in [0.25, 0.3) is 11.0 Å². The number of likely N-dealkylation sites (N-methyl/N-ethyl adjacent to an activating group) is 1. The Hall–Kier alpha value is -1.39. The van der Waals surface area contributed by atoms with Crippen LogP contribution in [0.4, 0.5) is 4.39 Å². The van der Waals surface area contributed by atoms with E-state index in [0.717, 1.165) is 5.39 Å². The van der Waals surface area contributed by atoms with Crippen molar-refractivity contribution in [2.75, 3.05) is 14.2 Å². The summed E-state index contributed by atoms with van der Waals surface area (Å²) in [5.41, 5.74) is 0.297. The molecule has 0 aliphatic carbocycles. The second-order valence-corrected chi connectivity index (χ2v) is 4.01. The van der Waals surface area contributed by atoms with E-state index in [-0.39, 0.29) is 18.0 Å². The first-order chi connectivity index (χ1) is 8.17. The molecule has 0 saturated carbocycles. The molecule has 1 aromatic heterocycles. The van der Waals surface area contributed by atoms with Crippen LogP contribution < -0.4 is 5.32 Å². The van der Waals surface area contributed by atoms with Gasteiger partial charge in [0.15, 0.2) is 11.4 Å². The standard InChI is InChI=1S/C13H16FNO2/c1-8(16-3)12(15-2)11-7-9-5-4-6-10(14)13(9)17-11/h4-8,12,15H,1-3H3. The van der Waals surface area contributed by atoms with Crippen LogP contribution in [0, 0.1) is 5.82 Å². The molecule has 0 saturated heterocycles. The van der Waals surface area contributed by atoms with Crippen molar-refractivity contribution in [2.24, 2.45) is 0 Å².